The van der Waals surface area contributed by atoms with Crippen molar-refractivity contribution in [2.24, 2.45) is 0 Å². The second-order valence-corrected chi connectivity index (χ2v) is 6.76. The van der Waals surface area contributed by atoms with E-state index in [0.717, 1.165) is 15.6 Å². The number of halogens is 1. The van der Waals surface area contributed by atoms with Gasteiger partial charge in [0.2, 0.25) is 0 Å². The van der Waals surface area contributed by atoms with Gasteiger partial charge in [0.05, 0.1) is 16.5 Å². The van der Waals surface area contributed by atoms with E-state index in [9.17, 15) is 4.79 Å². The van der Waals surface area contributed by atoms with Gasteiger partial charge in [0.25, 0.3) is 5.56 Å². The standard InChI is InChI=1S/C21H15BrN2O2/c22-15-10-11-19(26-13-14-6-2-1-3-7-14)17(12-15)20-23-18-9-5-4-8-16(18)21(25)24-20/h1-12H,13H2,(H,23,24,25). The SMILES string of the molecule is O=c1[nH]c(-c2cc(Br)ccc2OCc2ccccc2)nc2ccccc12. The van der Waals surface area contributed by atoms with Gasteiger partial charge in [-0.25, -0.2) is 4.98 Å². The number of aromatic amines is 1. The predicted octanol–water partition coefficient (Wildman–Crippen LogP) is 4.93. The summed E-state index contributed by atoms with van der Waals surface area (Å²) in [5.41, 5.74) is 2.29. The van der Waals surface area contributed by atoms with Crippen molar-refractivity contribution in [3.05, 3.63) is 93.2 Å². The summed E-state index contributed by atoms with van der Waals surface area (Å²) in [6.07, 6.45) is 0. The van der Waals surface area contributed by atoms with E-state index in [1.54, 1.807) is 6.07 Å². The van der Waals surface area contributed by atoms with Crippen molar-refractivity contribution in [2.45, 2.75) is 6.61 Å². The molecule has 0 aliphatic carbocycles. The molecule has 4 aromatic rings. The van der Waals surface area contributed by atoms with Crippen molar-refractivity contribution in [1.29, 1.82) is 0 Å². The van der Waals surface area contributed by atoms with Gasteiger partial charge in [-0.05, 0) is 35.9 Å². The molecule has 4 rings (SSSR count). The summed E-state index contributed by atoms with van der Waals surface area (Å²) in [5.74, 6) is 1.15. The van der Waals surface area contributed by atoms with E-state index in [-0.39, 0.29) is 5.56 Å². The van der Waals surface area contributed by atoms with Gasteiger partial charge in [0, 0.05) is 4.47 Å². The van der Waals surface area contributed by atoms with Crippen LogP contribution in [0.2, 0.25) is 0 Å². The lowest BCUT2D eigenvalue weighted by atomic mass is 10.1. The topological polar surface area (TPSA) is 55.0 Å². The summed E-state index contributed by atoms with van der Waals surface area (Å²) in [6, 6.07) is 22.9. The zero-order chi connectivity index (χ0) is 17.9. The lowest BCUT2D eigenvalue weighted by molar-refractivity contribution is 0.307. The quantitative estimate of drug-likeness (QED) is 0.522. The molecule has 128 valence electrons. The summed E-state index contributed by atoms with van der Waals surface area (Å²) in [4.78, 5) is 19.9. The number of para-hydroxylation sites is 1. The molecule has 0 aliphatic heterocycles. The van der Waals surface area contributed by atoms with Crippen LogP contribution in [-0.2, 0) is 6.61 Å². The van der Waals surface area contributed by atoms with E-state index >= 15 is 0 Å². The molecule has 1 heterocycles. The first-order valence-corrected chi connectivity index (χ1v) is 8.96. The van der Waals surface area contributed by atoms with Crippen molar-refractivity contribution in [3.8, 4) is 17.1 Å². The second kappa shape index (κ2) is 7.14. The third-order valence-electron chi connectivity index (χ3n) is 4.05. The maximum absolute atomic E-state index is 12.4. The van der Waals surface area contributed by atoms with Crippen LogP contribution in [0.4, 0.5) is 0 Å². The highest BCUT2D eigenvalue weighted by atomic mass is 79.9. The average Bonchev–Trinajstić information content (AvgIpc) is 2.68. The molecule has 0 fully saturated rings. The molecule has 0 bridgehead atoms. The van der Waals surface area contributed by atoms with Gasteiger partial charge in [-0.1, -0.05) is 58.4 Å². The Bertz CT molecular complexity index is 1120. The van der Waals surface area contributed by atoms with Crippen molar-refractivity contribution in [1.82, 2.24) is 9.97 Å². The molecule has 0 spiro atoms. The van der Waals surface area contributed by atoms with Gasteiger partial charge in [0.1, 0.15) is 18.2 Å². The lowest BCUT2D eigenvalue weighted by Gasteiger charge is -2.12. The Balaban J connectivity index is 1.76. The van der Waals surface area contributed by atoms with Crippen LogP contribution in [0, 0.1) is 0 Å². The fourth-order valence-electron chi connectivity index (χ4n) is 2.76. The Labute approximate surface area is 158 Å². The first-order chi connectivity index (χ1) is 12.7. The van der Waals surface area contributed by atoms with Crippen LogP contribution >= 0.6 is 15.9 Å². The zero-order valence-electron chi connectivity index (χ0n) is 13.8. The van der Waals surface area contributed by atoms with E-state index < -0.39 is 0 Å². The molecule has 0 radical (unpaired) electrons. The largest absolute Gasteiger partial charge is 0.488 e. The van der Waals surface area contributed by atoms with Crippen LogP contribution in [0.3, 0.4) is 0 Å². The van der Waals surface area contributed by atoms with Crippen molar-refractivity contribution in [2.75, 3.05) is 0 Å². The molecule has 0 amide bonds. The normalized spacial score (nSPS) is 10.8. The molecule has 26 heavy (non-hydrogen) atoms. The summed E-state index contributed by atoms with van der Waals surface area (Å²) in [5, 5.41) is 0.568. The summed E-state index contributed by atoms with van der Waals surface area (Å²) in [6.45, 7) is 0.438. The number of benzene rings is 3. The van der Waals surface area contributed by atoms with Crippen LogP contribution in [0.5, 0.6) is 5.75 Å². The second-order valence-electron chi connectivity index (χ2n) is 5.85. The predicted molar refractivity (Wildman–Crippen MR) is 106 cm³/mol. The van der Waals surface area contributed by atoms with Crippen molar-refractivity contribution in [3.63, 3.8) is 0 Å². The Morgan fingerprint density at radius 3 is 2.58 bits per heavy atom. The third kappa shape index (κ3) is 3.39. The van der Waals surface area contributed by atoms with Gasteiger partial charge in [-0.3, -0.25) is 4.79 Å². The fraction of sp³-hybridized carbons (Fsp3) is 0.0476. The monoisotopic (exact) mass is 406 g/mol. The smallest absolute Gasteiger partial charge is 0.259 e. The van der Waals surface area contributed by atoms with Crippen molar-refractivity contribution < 1.29 is 4.74 Å². The summed E-state index contributed by atoms with van der Waals surface area (Å²) in [7, 11) is 0. The molecule has 0 atom stereocenters. The molecule has 1 aromatic heterocycles. The Morgan fingerprint density at radius 1 is 0.962 bits per heavy atom. The maximum atomic E-state index is 12.4. The van der Waals surface area contributed by atoms with Crippen LogP contribution in [0.15, 0.2) is 82.1 Å². The molecule has 0 saturated carbocycles. The van der Waals surface area contributed by atoms with Crippen LogP contribution in [0.1, 0.15) is 5.56 Å². The number of hydrogen-bond donors (Lipinski definition) is 1. The number of aromatic nitrogens is 2. The number of H-pyrrole nitrogens is 1. The van der Waals surface area contributed by atoms with E-state index in [1.807, 2.05) is 66.7 Å². The molecule has 4 nitrogen and oxygen atoms in total. The molecular formula is C21H15BrN2O2. The molecular weight excluding hydrogens is 392 g/mol. The third-order valence-corrected chi connectivity index (χ3v) is 4.54. The van der Waals surface area contributed by atoms with E-state index in [4.69, 9.17) is 4.74 Å². The minimum atomic E-state index is -0.167. The lowest BCUT2D eigenvalue weighted by Crippen LogP contribution is -2.10. The van der Waals surface area contributed by atoms with Crippen LogP contribution in [-0.4, -0.2) is 9.97 Å². The highest BCUT2D eigenvalue weighted by Crippen LogP contribution is 2.31. The molecule has 0 aliphatic rings. The molecule has 0 unspecified atom stereocenters. The van der Waals surface area contributed by atoms with Gasteiger partial charge in [0.15, 0.2) is 0 Å². The number of nitrogens with zero attached hydrogens (tertiary/aromatic N) is 1. The number of rotatable bonds is 4. The molecule has 0 saturated heterocycles. The van der Waals surface area contributed by atoms with Gasteiger partial charge in [-0.2, -0.15) is 0 Å². The zero-order valence-corrected chi connectivity index (χ0v) is 15.4. The summed E-state index contributed by atoms with van der Waals surface area (Å²) >= 11 is 3.48. The average molecular weight is 407 g/mol. The first kappa shape index (κ1) is 16.5. The Morgan fingerprint density at radius 2 is 1.73 bits per heavy atom. The number of fused-ring (bicyclic) bond motifs is 1. The van der Waals surface area contributed by atoms with E-state index in [0.29, 0.717) is 29.1 Å². The van der Waals surface area contributed by atoms with Gasteiger partial charge < -0.3 is 9.72 Å². The van der Waals surface area contributed by atoms with Crippen molar-refractivity contribution >= 4 is 26.8 Å². The van der Waals surface area contributed by atoms with E-state index in [2.05, 4.69) is 25.9 Å². The minimum absolute atomic E-state index is 0.167. The summed E-state index contributed by atoms with van der Waals surface area (Å²) < 4.78 is 6.89. The van der Waals surface area contributed by atoms with Gasteiger partial charge >= 0.3 is 0 Å². The maximum Gasteiger partial charge on any atom is 0.259 e. The molecule has 3 aromatic carbocycles. The number of hydrogen-bond acceptors (Lipinski definition) is 3. The fourth-order valence-corrected chi connectivity index (χ4v) is 3.12. The Kier molecular flexibility index (Phi) is 4.54. The van der Waals surface area contributed by atoms with Gasteiger partial charge in [-0.15, -0.1) is 0 Å². The first-order valence-electron chi connectivity index (χ1n) is 8.16. The Hall–Kier alpha value is -2.92. The highest BCUT2D eigenvalue weighted by molar-refractivity contribution is 9.10. The molecule has 1 N–H and O–H groups in total. The molecule has 5 heteroatoms. The van der Waals surface area contributed by atoms with Crippen LogP contribution < -0.4 is 10.3 Å². The highest BCUT2D eigenvalue weighted by Gasteiger charge is 2.12. The minimum Gasteiger partial charge on any atom is -0.488 e. The number of nitrogens with one attached hydrogen (secondary N) is 1. The van der Waals surface area contributed by atoms with Crippen LogP contribution in [0.25, 0.3) is 22.3 Å². The number of ether oxygens (including phenoxy) is 1. The van der Waals surface area contributed by atoms with E-state index in [1.165, 1.54) is 0 Å².